The van der Waals surface area contributed by atoms with E-state index in [1.807, 2.05) is 18.2 Å². The van der Waals surface area contributed by atoms with Gasteiger partial charge in [-0.1, -0.05) is 31.0 Å². The molecule has 0 radical (unpaired) electrons. The summed E-state index contributed by atoms with van der Waals surface area (Å²) in [5.41, 5.74) is 0.368. The number of fused-ring (bicyclic) bond motifs is 1. The molecule has 1 saturated carbocycles. The van der Waals surface area contributed by atoms with Gasteiger partial charge in [-0.2, -0.15) is 0 Å². The van der Waals surface area contributed by atoms with Gasteiger partial charge >= 0.3 is 0 Å². The van der Waals surface area contributed by atoms with Crippen molar-refractivity contribution < 1.29 is 19.1 Å². The Morgan fingerprint density at radius 2 is 1.81 bits per heavy atom. The molecule has 0 saturated heterocycles. The SMILES string of the molecule is CC1(C)Oc2ccc(C(=O)Nc3ccccc3)cc2N(CC(=O)NC2CCCC2)C1=O. The molecule has 2 aliphatic rings. The molecule has 2 aromatic rings. The molecule has 2 aromatic carbocycles. The summed E-state index contributed by atoms with van der Waals surface area (Å²) in [6.07, 6.45) is 4.15. The highest BCUT2D eigenvalue weighted by Gasteiger charge is 2.42. The molecule has 0 atom stereocenters. The molecular formula is C24H27N3O4. The normalized spacial score (nSPS) is 17.6. The van der Waals surface area contributed by atoms with Gasteiger partial charge in [0, 0.05) is 17.3 Å². The van der Waals surface area contributed by atoms with Crippen LogP contribution in [0.3, 0.4) is 0 Å². The van der Waals surface area contributed by atoms with Gasteiger partial charge in [0.2, 0.25) is 5.91 Å². The largest absolute Gasteiger partial charge is 0.476 e. The number of amides is 3. The van der Waals surface area contributed by atoms with Crippen molar-refractivity contribution in [1.82, 2.24) is 5.32 Å². The van der Waals surface area contributed by atoms with Gasteiger partial charge in [0.1, 0.15) is 12.3 Å². The number of carbonyl (C=O) groups excluding carboxylic acids is 3. The number of nitrogens with one attached hydrogen (secondary N) is 2. The van der Waals surface area contributed by atoms with Crippen molar-refractivity contribution in [3.05, 3.63) is 54.1 Å². The van der Waals surface area contributed by atoms with Crippen LogP contribution < -0.4 is 20.3 Å². The maximum atomic E-state index is 13.1. The fourth-order valence-corrected chi connectivity index (χ4v) is 4.08. The van der Waals surface area contributed by atoms with Crippen LogP contribution in [0.4, 0.5) is 11.4 Å². The maximum Gasteiger partial charge on any atom is 0.271 e. The number of hydrogen-bond acceptors (Lipinski definition) is 4. The number of hydrogen-bond donors (Lipinski definition) is 2. The first-order valence-electron chi connectivity index (χ1n) is 10.6. The van der Waals surface area contributed by atoms with Crippen molar-refractivity contribution in [2.45, 2.75) is 51.2 Å². The van der Waals surface area contributed by atoms with Gasteiger partial charge in [-0.15, -0.1) is 0 Å². The zero-order valence-electron chi connectivity index (χ0n) is 17.8. The average molecular weight is 421 g/mol. The molecule has 7 heteroatoms. The monoisotopic (exact) mass is 421 g/mol. The van der Waals surface area contributed by atoms with E-state index in [2.05, 4.69) is 10.6 Å². The molecule has 162 valence electrons. The molecule has 7 nitrogen and oxygen atoms in total. The lowest BCUT2D eigenvalue weighted by Gasteiger charge is -2.38. The maximum absolute atomic E-state index is 13.1. The summed E-state index contributed by atoms with van der Waals surface area (Å²) in [5.74, 6) is -0.360. The molecule has 0 aromatic heterocycles. The predicted octanol–water partition coefficient (Wildman–Crippen LogP) is 3.50. The van der Waals surface area contributed by atoms with Crippen LogP contribution >= 0.6 is 0 Å². The second kappa shape index (κ2) is 8.41. The standard InChI is InChI=1S/C24H27N3O4/c1-24(2)23(30)27(15-21(28)25-17-10-6-7-11-17)19-14-16(12-13-20(19)31-24)22(29)26-18-8-4-3-5-9-18/h3-5,8-9,12-14,17H,6-7,10-11,15H2,1-2H3,(H,25,28)(H,26,29). The van der Waals surface area contributed by atoms with E-state index in [0.717, 1.165) is 25.7 Å². The molecule has 3 amide bonds. The Labute approximate surface area is 181 Å². The highest BCUT2D eigenvalue weighted by Crippen LogP contribution is 2.38. The third-order valence-corrected chi connectivity index (χ3v) is 5.69. The van der Waals surface area contributed by atoms with Gasteiger partial charge in [0.15, 0.2) is 5.60 Å². The number of para-hydroxylation sites is 1. The lowest BCUT2D eigenvalue weighted by atomic mass is 10.0. The summed E-state index contributed by atoms with van der Waals surface area (Å²) in [7, 11) is 0. The quantitative estimate of drug-likeness (QED) is 0.774. The molecule has 1 aliphatic carbocycles. The van der Waals surface area contributed by atoms with Crippen LogP contribution in [0.2, 0.25) is 0 Å². The zero-order valence-corrected chi connectivity index (χ0v) is 17.8. The van der Waals surface area contributed by atoms with Crippen molar-refractivity contribution in [2.75, 3.05) is 16.8 Å². The molecule has 1 fully saturated rings. The lowest BCUT2D eigenvalue weighted by molar-refractivity contribution is -0.134. The minimum atomic E-state index is -1.10. The number of carbonyl (C=O) groups is 3. The summed E-state index contributed by atoms with van der Waals surface area (Å²) in [6.45, 7) is 3.24. The highest BCUT2D eigenvalue weighted by atomic mass is 16.5. The fourth-order valence-electron chi connectivity index (χ4n) is 4.08. The minimum Gasteiger partial charge on any atom is -0.476 e. The van der Waals surface area contributed by atoms with E-state index < -0.39 is 5.60 Å². The van der Waals surface area contributed by atoms with Crippen molar-refractivity contribution >= 4 is 29.1 Å². The minimum absolute atomic E-state index is 0.112. The smallest absolute Gasteiger partial charge is 0.271 e. The lowest BCUT2D eigenvalue weighted by Crippen LogP contribution is -2.55. The molecule has 31 heavy (non-hydrogen) atoms. The Bertz CT molecular complexity index is 997. The molecular weight excluding hydrogens is 394 g/mol. The van der Waals surface area contributed by atoms with Crippen molar-refractivity contribution in [3.8, 4) is 5.75 Å². The van der Waals surface area contributed by atoms with E-state index in [-0.39, 0.29) is 30.3 Å². The van der Waals surface area contributed by atoms with Crippen LogP contribution in [0.25, 0.3) is 0 Å². The van der Waals surface area contributed by atoms with Crippen LogP contribution in [0.1, 0.15) is 49.9 Å². The third kappa shape index (κ3) is 4.55. The Morgan fingerprint density at radius 3 is 2.52 bits per heavy atom. The summed E-state index contributed by atoms with van der Waals surface area (Å²) >= 11 is 0. The number of benzene rings is 2. The van der Waals surface area contributed by atoms with Gasteiger partial charge in [-0.05, 0) is 57.0 Å². The molecule has 4 rings (SSSR count). The Hall–Kier alpha value is -3.35. The molecule has 2 N–H and O–H groups in total. The van der Waals surface area contributed by atoms with Crippen molar-refractivity contribution in [2.24, 2.45) is 0 Å². The number of nitrogens with zero attached hydrogens (tertiary/aromatic N) is 1. The van der Waals surface area contributed by atoms with E-state index in [9.17, 15) is 14.4 Å². The van der Waals surface area contributed by atoms with Crippen LogP contribution in [-0.2, 0) is 9.59 Å². The van der Waals surface area contributed by atoms with Gasteiger partial charge in [-0.3, -0.25) is 19.3 Å². The Morgan fingerprint density at radius 1 is 1.10 bits per heavy atom. The van der Waals surface area contributed by atoms with Crippen LogP contribution in [0.15, 0.2) is 48.5 Å². The first-order chi connectivity index (χ1) is 14.8. The van der Waals surface area contributed by atoms with Crippen LogP contribution in [-0.4, -0.2) is 35.9 Å². The molecule has 1 aliphatic heterocycles. The zero-order chi connectivity index (χ0) is 22.0. The Balaban J connectivity index is 1.58. The summed E-state index contributed by atoms with van der Waals surface area (Å²) in [6, 6.07) is 14.2. The van der Waals surface area contributed by atoms with Gasteiger partial charge in [0.25, 0.3) is 11.8 Å². The van der Waals surface area contributed by atoms with Gasteiger partial charge < -0.3 is 15.4 Å². The second-order valence-electron chi connectivity index (χ2n) is 8.56. The van der Waals surface area contributed by atoms with E-state index in [1.54, 1.807) is 44.2 Å². The average Bonchev–Trinajstić information content (AvgIpc) is 3.24. The first kappa shape index (κ1) is 20.9. The Kier molecular flexibility index (Phi) is 5.67. The number of rotatable bonds is 5. The third-order valence-electron chi connectivity index (χ3n) is 5.69. The first-order valence-corrected chi connectivity index (χ1v) is 10.6. The fraction of sp³-hybridized carbons (Fsp3) is 0.375. The van der Waals surface area contributed by atoms with E-state index in [0.29, 0.717) is 22.7 Å². The van der Waals surface area contributed by atoms with E-state index >= 15 is 0 Å². The van der Waals surface area contributed by atoms with E-state index in [1.165, 1.54) is 4.90 Å². The van der Waals surface area contributed by atoms with Gasteiger partial charge in [0.05, 0.1) is 5.69 Å². The predicted molar refractivity (Wildman–Crippen MR) is 118 cm³/mol. The van der Waals surface area contributed by atoms with Crippen molar-refractivity contribution in [3.63, 3.8) is 0 Å². The van der Waals surface area contributed by atoms with Gasteiger partial charge in [-0.25, -0.2) is 0 Å². The summed E-state index contributed by atoms with van der Waals surface area (Å²) in [5, 5.41) is 5.86. The molecule has 0 bridgehead atoms. The highest BCUT2D eigenvalue weighted by molar-refractivity contribution is 6.09. The number of ether oxygens (including phenoxy) is 1. The second-order valence-corrected chi connectivity index (χ2v) is 8.56. The molecule has 0 unspecified atom stereocenters. The van der Waals surface area contributed by atoms with E-state index in [4.69, 9.17) is 4.74 Å². The molecule has 1 heterocycles. The van der Waals surface area contributed by atoms with Crippen LogP contribution in [0.5, 0.6) is 5.75 Å². The number of anilines is 2. The summed E-state index contributed by atoms with van der Waals surface area (Å²) in [4.78, 5) is 39.9. The van der Waals surface area contributed by atoms with Crippen LogP contribution in [0, 0.1) is 0 Å². The topological polar surface area (TPSA) is 87.7 Å². The summed E-state index contributed by atoms with van der Waals surface area (Å²) < 4.78 is 5.88. The molecule has 0 spiro atoms. The van der Waals surface area contributed by atoms with Crippen molar-refractivity contribution in [1.29, 1.82) is 0 Å².